The molecule has 0 amide bonds. The smallest absolute Gasteiger partial charge is 0.377 e. The number of ether oxygens (including phenoxy) is 1. The minimum absolute atomic E-state index is 0.0173. The monoisotopic (exact) mass is 210 g/mol. The third-order valence-corrected chi connectivity index (χ3v) is 4.14. The van der Waals surface area contributed by atoms with Gasteiger partial charge in [0.05, 0.1) is 6.10 Å². The van der Waals surface area contributed by atoms with Gasteiger partial charge in [0.2, 0.25) is 5.69 Å². The molecular formula is C11H19BO3. The Labute approximate surface area is 91.6 Å². The Bertz CT molecular complexity index is 322. The average Bonchev–Trinajstić information content (AvgIpc) is 2.74. The molecule has 2 aliphatic rings. The lowest BCUT2D eigenvalue weighted by Crippen LogP contribution is -2.38. The minimum atomic E-state index is -0.929. The van der Waals surface area contributed by atoms with E-state index < -0.39 is 5.69 Å². The highest BCUT2D eigenvalue weighted by atomic mass is 16.8. The van der Waals surface area contributed by atoms with Gasteiger partial charge in [0.1, 0.15) is 0 Å². The van der Waals surface area contributed by atoms with Crippen LogP contribution in [0.1, 0.15) is 41.5 Å². The molecule has 2 aliphatic heterocycles. The second-order valence-corrected chi connectivity index (χ2v) is 6.01. The van der Waals surface area contributed by atoms with Crippen LogP contribution < -0.4 is 0 Å². The van der Waals surface area contributed by atoms with Crippen molar-refractivity contribution < 1.29 is 14.2 Å². The maximum Gasteiger partial charge on any atom is 0.377 e. The molecule has 15 heavy (non-hydrogen) atoms. The van der Waals surface area contributed by atoms with E-state index in [1.807, 2.05) is 27.7 Å². The van der Waals surface area contributed by atoms with Crippen molar-refractivity contribution in [2.24, 2.45) is 5.41 Å². The molecule has 2 heterocycles. The molecular weight excluding hydrogens is 191 g/mol. The van der Waals surface area contributed by atoms with Crippen LogP contribution in [0.15, 0.2) is 0 Å². The lowest BCUT2D eigenvalue weighted by Gasteiger charge is -2.34. The van der Waals surface area contributed by atoms with Crippen LogP contribution in [-0.4, -0.2) is 24.5 Å². The zero-order valence-corrected chi connectivity index (χ0v) is 10.4. The molecule has 0 N–H and O–H groups in total. The van der Waals surface area contributed by atoms with Crippen molar-refractivity contribution in [2.75, 3.05) is 0 Å². The summed E-state index contributed by atoms with van der Waals surface area (Å²) < 4.78 is 11.2. The summed E-state index contributed by atoms with van der Waals surface area (Å²) >= 11 is 0. The molecule has 0 radical (unpaired) electrons. The number of carbonyl (C=O) groups is 1. The fourth-order valence-electron chi connectivity index (χ4n) is 2.49. The first-order chi connectivity index (χ1) is 6.66. The molecule has 1 atom stereocenters. The van der Waals surface area contributed by atoms with E-state index in [0.717, 1.165) is 0 Å². The van der Waals surface area contributed by atoms with Crippen LogP contribution in [0.25, 0.3) is 0 Å². The first-order valence-electron chi connectivity index (χ1n) is 5.57. The first kappa shape index (κ1) is 11.1. The second kappa shape index (κ2) is 2.66. The summed E-state index contributed by atoms with van der Waals surface area (Å²) in [6.07, 6.45) is 0.0173. The van der Waals surface area contributed by atoms with Gasteiger partial charge in [-0.3, -0.25) is 4.79 Å². The van der Waals surface area contributed by atoms with Crippen molar-refractivity contribution >= 4 is 12.7 Å². The molecule has 4 heteroatoms. The Balaban J connectivity index is 2.34. The van der Waals surface area contributed by atoms with Gasteiger partial charge in [-0.15, -0.1) is 0 Å². The van der Waals surface area contributed by atoms with Gasteiger partial charge >= 0.3 is 6.92 Å². The number of rotatable bonds is 2. The molecule has 0 aromatic heterocycles. The second-order valence-electron chi connectivity index (χ2n) is 6.01. The Morgan fingerprint density at radius 2 is 1.80 bits per heavy atom. The Kier molecular flexibility index (Phi) is 1.98. The van der Waals surface area contributed by atoms with Crippen LogP contribution in [0, 0.1) is 5.41 Å². The summed E-state index contributed by atoms with van der Waals surface area (Å²) in [5, 5.41) is -0.154. The Morgan fingerprint density at radius 1 is 1.27 bits per heavy atom. The van der Waals surface area contributed by atoms with Crippen molar-refractivity contribution in [3.05, 3.63) is 0 Å². The van der Waals surface area contributed by atoms with Crippen molar-refractivity contribution in [2.45, 2.75) is 58.6 Å². The predicted molar refractivity (Wildman–Crippen MR) is 58.6 cm³/mol. The molecule has 3 nitrogen and oxygen atoms in total. The molecule has 0 aromatic rings. The van der Waals surface area contributed by atoms with E-state index in [1.54, 1.807) is 0 Å². The molecule has 84 valence electrons. The van der Waals surface area contributed by atoms with Gasteiger partial charge in [0.15, 0.2) is 5.78 Å². The van der Waals surface area contributed by atoms with Crippen LogP contribution in [0.5, 0.6) is 0 Å². The van der Waals surface area contributed by atoms with Crippen LogP contribution in [0.4, 0.5) is 0 Å². The van der Waals surface area contributed by atoms with Crippen LogP contribution in [0.2, 0.25) is 5.31 Å². The normalized spacial score (nSPS) is 35.9. The highest BCUT2D eigenvalue weighted by molar-refractivity contribution is 6.75. The number of hydrogen-bond donors (Lipinski definition) is 0. The number of Topliss-reactive ketones (excluding diaryl/α,β-unsaturated/α-hetero) is 1. The zero-order chi connectivity index (χ0) is 11.6. The van der Waals surface area contributed by atoms with Gasteiger partial charge in [-0.05, 0) is 19.2 Å². The molecule has 0 aliphatic carbocycles. The van der Waals surface area contributed by atoms with Gasteiger partial charge in [-0.25, -0.2) is 0 Å². The molecule has 2 saturated heterocycles. The number of carbonyl (C=O) groups excluding carboxylic acids is 1. The third-order valence-electron chi connectivity index (χ3n) is 4.14. The summed E-state index contributed by atoms with van der Waals surface area (Å²) in [5.41, 5.74) is -1.30. The van der Waals surface area contributed by atoms with Crippen molar-refractivity contribution in [3.63, 3.8) is 0 Å². The molecule has 0 spiro atoms. The first-order valence-corrected chi connectivity index (χ1v) is 5.57. The Hall–Kier alpha value is -0.345. The zero-order valence-electron chi connectivity index (χ0n) is 10.4. The highest BCUT2D eigenvalue weighted by Crippen LogP contribution is 2.67. The average molecular weight is 210 g/mol. The van der Waals surface area contributed by atoms with Gasteiger partial charge in [0, 0.05) is 5.41 Å². The van der Waals surface area contributed by atoms with E-state index in [0.29, 0.717) is 0 Å². The van der Waals surface area contributed by atoms with E-state index in [-0.39, 0.29) is 29.5 Å². The SMILES string of the molecule is CC(C)OC12OB1C(C)(C)C(C)(C)C2=O. The fraction of sp³-hybridized carbons (Fsp3) is 0.909. The molecule has 2 fully saturated rings. The molecule has 2 rings (SSSR count). The molecule has 0 aromatic carbocycles. The molecule has 1 unspecified atom stereocenters. The predicted octanol–water partition coefficient (Wildman–Crippen LogP) is 2.06. The molecule has 0 saturated carbocycles. The third kappa shape index (κ3) is 1.12. The van der Waals surface area contributed by atoms with Crippen LogP contribution >= 0.6 is 0 Å². The largest absolute Gasteiger partial charge is 0.401 e. The van der Waals surface area contributed by atoms with Gasteiger partial charge < -0.3 is 9.39 Å². The minimum Gasteiger partial charge on any atom is -0.401 e. The van der Waals surface area contributed by atoms with Gasteiger partial charge in [-0.1, -0.05) is 27.7 Å². The maximum absolute atomic E-state index is 12.3. The van der Waals surface area contributed by atoms with Gasteiger partial charge in [-0.2, -0.15) is 0 Å². The quantitative estimate of drug-likeness (QED) is 0.517. The lowest BCUT2D eigenvalue weighted by atomic mass is 9.48. The van der Waals surface area contributed by atoms with Crippen molar-refractivity contribution in [1.82, 2.24) is 0 Å². The summed E-state index contributed by atoms with van der Waals surface area (Å²) in [4.78, 5) is 12.3. The van der Waals surface area contributed by atoms with E-state index in [4.69, 9.17) is 9.39 Å². The van der Waals surface area contributed by atoms with Crippen molar-refractivity contribution in [1.29, 1.82) is 0 Å². The van der Waals surface area contributed by atoms with Crippen molar-refractivity contribution in [3.8, 4) is 0 Å². The van der Waals surface area contributed by atoms with E-state index >= 15 is 0 Å². The Morgan fingerprint density at radius 3 is 2.13 bits per heavy atom. The maximum atomic E-state index is 12.3. The summed E-state index contributed by atoms with van der Waals surface area (Å²) in [6.45, 7) is 11.9. The van der Waals surface area contributed by atoms with Crippen LogP contribution in [-0.2, 0) is 14.2 Å². The van der Waals surface area contributed by atoms with Gasteiger partial charge in [0.25, 0.3) is 0 Å². The highest BCUT2D eigenvalue weighted by Gasteiger charge is 2.84. The fourth-order valence-corrected chi connectivity index (χ4v) is 2.49. The van der Waals surface area contributed by atoms with E-state index in [9.17, 15) is 4.79 Å². The van der Waals surface area contributed by atoms with E-state index in [1.165, 1.54) is 0 Å². The summed E-state index contributed by atoms with van der Waals surface area (Å²) in [5.74, 6) is 0.0960. The summed E-state index contributed by atoms with van der Waals surface area (Å²) in [6, 6.07) is 0. The number of fused-ring (bicyclic) bond motifs is 1. The number of ketones is 1. The lowest BCUT2D eigenvalue weighted by molar-refractivity contribution is -0.158. The topological polar surface area (TPSA) is 38.8 Å². The molecule has 0 bridgehead atoms. The van der Waals surface area contributed by atoms with Crippen LogP contribution in [0.3, 0.4) is 0 Å². The van der Waals surface area contributed by atoms with E-state index in [2.05, 4.69) is 13.8 Å². The standard InChI is InChI=1S/C11H19BO3/c1-7(2)14-11-8(13)9(3,4)10(5,6)12(11)15-11/h7H,1-6H3. The number of hydrogen-bond acceptors (Lipinski definition) is 3. The summed E-state index contributed by atoms with van der Waals surface area (Å²) in [7, 11) is 0.